The predicted molar refractivity (Wildman–Crippen MR) is 75.6 cm³/mol. The fraction of sp³-hybridized carbons (Fsp3) is 0.467. The molecule has 0 bridgehead atoms. The Kier molecular flexibility index (Phi) is 6.00. The molecule has 23 heavy (non-hydrogen) atoms. The number of carbonyl (C=O) groups is 2. The van der Waals surface area contributed by atoms with Gasteiger partial charge in [0, 0.05) is 0 Å². The van der Waals surface area contributed by atoms with E-state index in [1.165, 1.54) is 19.2 Å². The van der Waals surface area contributed by atoms with Crippen LogP contribution in [0.25, 0.3) is 0 Å². The van der Waals surface area contributed by atoms with Crippen LogP contribution in [0.2, 0.25) is 0 Å². The second-order valence-electron chi connectivity index (χ2n) is 5.49. The predicted octanol–water partition coefficient (Wildman–Crippen LogP) is 3.34. The Labute approximate surface area is 131 Å². The van der Waals surface area contributed by atoms with Crippen molar-refractivity contribution in [2.24, 2.45) is 5.92 Å². The molecule has 0 saturated carbocycles. The zero-order valence-electron chi connectivity index (χ0n) is 12.7. The van der Waals surface area contributed by atoms with Gasteiger partial charge in [0.25, 0.3) is 0 Å². The van der Waals surface area contributed by atoms with Crippen molar-refractivity contribution in [3.63, 3.8) is 0 Å². The normalized spacial score (nSPS) is 14.2. The minimum absolute atomic E-state index is 0.262. The largest absolute Gasteiger partial charge is 0.479 e. The number of carbonyl (C=O) groups excluding carboxylic acids is 1. The second-order valence-corrected chi connectivity index (χ2v) is 5.49. The Balaban J connectivity index is 2.87. The standard InChI is InChI=1S/C15H18F3NO4/c1-10(2)8-14(12(20)21,15(16,17)18)19-13(22)23-9-11-6-4-3-5-7-11/h3-7,10H,8-9H2,1-2H3,(H,19,22)(H,20,21). The van der Waals surface area contributed by atoms with Crippen LogP contribution in [0.3, 0.4) is 0 Å². The molecular formula is C15H18F3NO4. The number of amides is 1. The van der Waals surface area contributed by atoms with Crippen molar-refractivity contribution in [2.45, 2.75) is 38.6 Å². The van der Waals surface area contributed by atoms with E-state index in [0.29, 0.717) is 5.56 Å². The molecule has 0 aromatic heterocycles. The summed E-state index contributed by atoms with van der Waals surface area (Å²) in [6.45, 7) is 2.60. The van der Waals surface area contributed by atoms with E-state index in [-0.39, 0.29) is 6.61 Å². The van der Waals surface area contributed by atoms with Gasteiger partial charge in [0.2, 0.25) is 5.54 Å². The molecule has 0 saturated heterocycles. The van der Waals surface area contributed by atoms with E-state index in [4.69, 9.17) is 9.84 Å². The molecule has 1 aromatic rings. The van der Waals surface area contributed by atoms with Crippen LogP contribution in [-0.2, 0) is 16.1 Å². The lowest BCUT2D eigenvalue weighted by molar-refractivity contribution is -0.211. The fourth-order valence-electron chi connectivity index (χ4n) is 2.05. The highest BCUT2D eigenvalue weighted by molar-refractivity contribution is 5.85. The molecule has 128 valence electrons. The summed E-state index contributed by atoms with van der Waals surface area (Å²) in [6.07, 6.45) is -7.39. The third kappa shape index (κ3) is 4.87. The number of aliphatic carboxylic acids is 1. The van der Waals surface area contributed by atoms with Crippen LogP contribution in [0.15, 0.2) is 30.3 Å². The van der Waals surface area contributed by atoms with Crippen LogP contribution in [0.4, 0.5) is 18.0 Å². The van der Waals surface area contributed by atoms with Gasteiger partial charge in [0.1, 0.15) is 6.61 Å². The topological polar surface area (TPSA) is 75.6 Å². The van der Waals surface area contributed by atoms with Crippen molar-refractivity contribution in [1.29, 1.82) is 0 Å². The Bertz CT molecular complexity index is 545. The van der Waals surface area contributed by atoms with Crippen molar-refractivity contribution in [2.75, 3.05) is 0 Å². The van der Waals surface area contributed by atoms with Crippen molar-refractivity contribution >= 4 is 12.1 Å². The minimum atomic E-state index is -5.16. The summed E-state index contributed by atoms with van der Waals surface area (Å²) < 4.78 is 44.5. The average Bonchev–Trinajstić information content (AvgIpc) is 2.43. The first-order valence-corrected chi connectivity index (χ1v) is 6.87. The number of hydrogen-bond acceptors (Lipinski definition) is 3. The highest BCUT2D eigenvalue weighted by Crippen LogP contribution is 2.36. The van der Waals surface area contributed by atoms with Gasteiger partial charge in [-0.15, -0.1) is 0 Å². The van der Waals surface area contributed by atoms with Gasteiger partial charge in [0.05, 0.1) is 0 Å². The third-order valence-corrected chi connectivity index (χ3v) is 3.09. The monoisotopic (exact) mass is 333 g/mol. The summed E-state index contributed by atoms with van der Waals surface area (Å²) in [5.74, 6) is -2.78. The molecule has 1 rings (SSSR count). The minimum Gasteiger partial charge on any atom is -0.479 e. The summed E-state index contributed by atoms with van der Waals surface area (Å²) in [4.78, 5) is 22.9. The van der Waals surface area contributed by atoms with Gasteiger partial charge in [-0.3, -0.25) is 5.32 Å². The molecule has 0 radical (unpaired) electrons. The number of carboxylic acid groups (broad SMARTS) is 1. The smallest absolute Gasteiger partial charge is 0.422 e. The third-order valence-electron chi connectivity index (χ3n) is 3.09. The van der Waals surface area contributed by atoms with Gasteiger partial charge in [0.15, 0.2) is 0 Å². The number of nitrogens with one attached hydrogen (secondary N) is 1. The van der Waals surface area contributed by atoms with Crippen molar-refractivity contribution in [3.05, 3.63) is 35.9 Å². The Morgan fingerprint density at radius 2 is 1.78 bits per heavy atom. The van der Waals surface area contributed by atoms with Gasteiger partial charge < -0.3 is 9.84 Å². The van der Waals surface area contributed by atoms with Crippen LogP contribution in [0.1, 0.15) is 25.8 Å². The van der Waals surface area contributed by atoms with E-state index < -0.39 is 36.1 Å². The molecule has 0 fully saturated rings. The van der Waals surface area contributed by atoms with Crippen molar-refractivity contribution in [3.8, 4) is 0 Å². The first-order valence-electron chi connectivity index (χ1n) is 6.87. The van der Waals surface area contributed by atoms with Gasteiger partial charge in [-0.05, 0) is 17.9 Å². The van der Waals surface area contributed by atoms with E-state index in [2.05, 4.69) is 0 Å². The number of alkyl halides is 3. The molecule has 0 heterocycles. The number of rotatable bonds is 6. The number of hydrogen-bond donors (Lipinski definition) is 2. The van der Waals surface area contributed by atoms with E-state index in [1.54, 1.807) is 30.3 Å². The average molecular weight is 333 g/mol. The molecule has 5 nitrogen and oxygen atoms in total. The van der Waals surface area contributed by atoms with Gasteiger partial charge >= 0.3 is 18.2 Å². The van der Waals surface area contributed by atoms with Crippen LogP contribution in [0, 0.1) is 5.92 Å². The molecule has 0 spiro atoms. The zero-order chi connectivity index (χ0) is 17.7. The lowest BCUT2D eigenvalue weighted by atomic mass is 9.88. The SMILES string of the molecule is CC(C)CC(NC(=O)OCc1ccccc1)(C(=O)O)C(F)(F)F. The summed E-state index contributed by atoms with van der Waals surface area (Å²) in [7, 11) is 0. The molecule has 8 heteroatoms. The van der Waals surface area contributed by atoms with Crippen molar-refractivity contribution < 1.29 is 32.6 Å². The Morgan fingerprint density at radius 1 is 1.22 bits per heavy atom. The number of alkyl carbamates (subject to hydrolysis) is 1. The van der Waals surface area contributed by atoms with Crippen LogP contribution >= 0.6 is 0 Å². The maximum absolute atomic E-state index is 13.3. The summed E-state index contributed by atoms with van der Waals surface area (Å²) in [5.41, 5.74) is -2.81. The van der Waals surface area contributed by atoms with Crippen LogP contribution < -0.4 is 5.32 Å². The van der Waals surface area contributed by atoms with Crippen LogP contribution in [-0.4, -0.2) is 28.9 Å². The second kappa shape index (κ2) is 7.34. The molecule has 2 N–H and O–H groups in total. The number of benzene rings is 1. The van der Waals surface area contributed by atoms with Crippen LogP contribution in [0.5, 0.6) is 0 Å². The molecule has 0 aliphatic carbocycles. The number of carboxylic acids is 1. The highest BCUT2D eigenvalue weighted by atomic mass is 19.4. The molecule has 0 aliphatic heterocycles. The van der Waals surface area contributed by atoms with Gasteiger partial charge in [-0.1, -0.05) is 44.2 Å². The van der Waals surface area contributed by atoms with E-state index in [9.17, 15) is 22.8 Å². The zero-order valence-corrected chi connectivity index (χ0v) is 12.7. The molecule has 1 atom stereocenters. The number of halogens is 3. The lowest BCUT2D eigenvalue weighted by Gasteiger charge is -2.33. The summed E-state index contributed by atoms with van der Waals surface area (Å²) >= 11 is 0. The van der Waals surface area contributed by atoms with E-state index in [1.807, 2.05) is 0 Å². The maximum atomic E-state index is 13.3. The van der Waals surface area contributed by atoms with E-state index >= 15 is 0 Å². The molecule has 1 aromatic carbocycles. The van der Waals surface area contributed by atoms with E-state index in [0.717, 1.165) is 0 Å². The lowest BCUT2D eigenvalue weighted by Crippen LogP contribution is -2.64. The first kappa shape index (κ1) is 18.8. The summed E-state index contributed by atoms with van der Waals surface area (Å²) in [6, 6.07) is 8.32. The first-order chi connectivity index (χ1) is 10.6. The van der Waals surface area contributed by atoms with Gasteiger partial charge in [-0.2, -0.15) is 13.2 Å². The quantitative estimate of drug-likeness (QED) is 0.837. The number of ether oxygens (including phenoxy) is 1. The molecule has 0 aliphatic rings. The molecule has 1 unspecified atom stereocenters. The maximum Gasteiger partial charge on any atom is 0.422 e. The van der Waals surface area contributed by atoms with Crippen molar-refractivity contribution in [1.82, 2.24) is 5.32 Å². The highest BCUT2D eigenvalue weighted by Gasteiger charge is 2.62. The molecule has 1 amide bonds. The Hall–Kier alpha value is -2.25. The summed E-state index contributed by atoms with van der Waals surface area (Å²) in [5, 5.41) is 10.5. The van der Waals surface area contributed by atoms with Gasteiger partial charge in [-0.25, -0.2) is 9.59 Å². The molecular weight excluding hydrogens is 315 g/mol. The fourth-order valence-corrected chi connectivity index (χ4v) is 2.05. The Morgan fingerprint density at radius 3 is 2.22 bits per heavy atom.